The Balaban J connectivity index is 3.51. The molecule has 4 N–H and O–H groups in total. The Morgan fingerprint density at radius 2 is 2.12 bits per heavy atom. The van der Waals surface area contributed by atoms with Gasteiger partial charge in [0.15, 0.2) is 5.96 Å². The van der Waals surface area contributed by atoms with Gasteiger partial charge >= 0.3 is 0 Å². The van der Waals surface area contributed by atoms with Crippen molar-refractivity contribution in [1.29, 1.82) is 0 Å². The maximum Gasteiger partial charge on any atom is 0.208 e. The summed E-state index contributed by atoms with van der Waals surface area (Å²) in [5.41, 5.74) is 5.53. The number of sulfonamides is 1. The highest BCUT2D eigenvalue weighted by Gasteiger charge is 1.98. The summed E-state index contributed by atoms with van der Waals surface area (Å²) in [6.45, 7) is 2.02. The molecule has 96 valence electrons. The second-order valence-electron chi connectivity index (χ2n) is 3.21. The molecular formula is C8H20N4O3S. The molecule has 0 aromatic heterocycles. The van der Waals surface area contributed by atoms with Crippen LogP contribution in [0.1, 0.15) is 6.42 Å². The molecule has 0 fully saturated rings. The molecule has 0 spiro atoms. The van der Waals surface area contributed by atoms with E-state index < -0.39 is 10.0 Å². The Morgan fingerprint density at radius 1 is 1.44 bits per heavy atom. The van der Waals surface area contributed by atoms with Crippen molar-refractivity contribution in [2.75, 3.05) is 39.6 Å². The number of guanidine groups is 1. The number of nitrogens with one attached hydrogen (secondary N) is 2. The molecule has 0 aliphatic rings. The maximum absolute atomic E-state index is 10.7. The number of aliphatic imine (C=N–C) groups is 1. The topological polar surface area (TPSA) is 106 Å². The van der Waals surface area contributed by atoms with Crippen molar-refractivity contribution >= 4 is 16.0 Å². The van der Waals surface area contributed by atoms with Gasteiger partial charge in [-0.3, -0.25) is 4.99 Å². The lowest BCUT2D eigenvalue weighted by molar-refractivity contribution is 0.204. The van der Waals surface area contributed by atoms with Crippen LogP contribution in [0.25, 0.3) is 0 Å². The number of ether oxygens (including phenoxy) is 1. The molecule has 0 aromatic rings. The number of hydrogen-bond donors (Lipinski definition) is 3. The van der Waals surface area contributed by atoms with Crippen molar-refractivity contribution in [3.63, 3.8) is 0 Å². The van der Waals surface area contributed by atoms with Gasteiger partial charge in [0, 0.05) is 26.7 Å². The smallest absolute Gasteiger partial charge is 0.208 e. The molecule has 0 bridgehead atoms. The zero-order chi connectivity index (χ0) is 12.4. The molecule has 0 heterocycles. The number of methoxy groups -OCH3 is 1. The molecular weight excluding hydrogens is 232 g/mol. The summed E-state index contributed by atoms with van der Waals surface area (Å²) in [4.78, 5) is 4.01. The van der Waals surface area contributed by atoms with Crippen LogP contribution in [0, 0.1) is 0 Å². The van der Waals surface area contributed by atoms with Gasteiger partial charge in [0.05, 0.1) is 12.9 Å². The van der Waals surface area contributed by atoms with Gasteiger partial charge in [0.1, 0.15) is 0 Å². The number of nitrogens with two attached hydrogens (primary N) is 1. The number of rotatable bonds is 8. The molecule has 0 saturated carbocycles. The van der Waals surface area contributed by atoms with Crippen molar-refractivity contribution < 1.29 is 13.2 Å². The van der Waals surface area contributed by atoms with E-state index in [1.807, 2.05) is 0 Å². The van der Waals surface area contributed by atoms with Gasteiger partial charge in [-0.15, -0.1) is 0 Å². The highest BCUT2D eigenvalue weighted by atomic mass is 32.2. The average Bonchev–Trinajstić information content (AvgIpc) is 2.16. The van der Waals surface area contributed by atoms with Crippen LogP contribution in [0.5, 0.6) is 0 Å². The summed E-state index contributed by atoms with van der Waals surface area (Å²) in [7, 11) is -1.50. The van der Waals surface area contributed by atoms with E-state index in [0.29, 0.717) is 38.6 Å². The summed E-state index contributed by atoms with van der Waals surface area (Å²) in [5, 5.41) is 2.85. The van der Waals surface area contributed by atoms with Gasteiger partial charge in [-0.05, 0) is 6.42 Å². The van der Waals surface area contributed by atoms with Crippen LogP contribution in [-0.4, -0.2) is 54.0 Å². The minimum Gasteiger partial charge on any atom is -0.383 e. The lowest BCUT2D eigenvalue weighted by Gasteiger charge is -2.04. The van der Waals surface area contributed by atoms with Crippen LogP contribution < -0.4 is 15.8 Å². The van der Waals surface area contributed by atoms with Crippen molar-refractivity contribution in [1.82, 2.24) is 10.0 Å². The van der Waals surface area contributed by atoms with Crippen molar-refractivity contribution in [2.45, 2.75) is 6.42 Å². The first kappa shape index (κ1) is 15.1. The molecule has 0 atom stereocenters. The fraction of sp³-hybridized carbons (Fsp3) is 0.875. The van der Waals surface area contributed by atoms with E-state index in [2.05, 4.69) is 15.0 Å². The highest BCUT2D eigenvalue weighted by Crippen LogP contribution is 1.81. The molecule has 0 aliphatic heterocycles. The third kappa shape index (κ3) is 11.2. The number of hydrogen-bond acceptors (Lipinski definition) is 4. The van der Waals surface area contributed by atoms with Crippen LogP contribution in [-0.2, 0) is 14.8 Å². The number of nitrogens with zero attached hydrogens (tertiary/aromatic N) is 1. The molecule has 0 radical (unpaired) electrons. The molecule has 0 saturated heterocycles. The van der Waals surface area contributed by atoms with Crippen LogP contribution in [0.15, 0.2) is 4.99 Å². The zero-order valence-electron chi connectivity index (χ0n) is 9.69. The lowest BCUT2D eigenvalue weighted by atomic mass is 10.4. The minimum absolute atomic E-state index is 0.344. The first-order valence-electron chi connectivity index (χ1n) is 4.93. The van der Waals surface area contributed by atoms with Crippen molar-refractivity contribution in [3.05, 3.63) is 0 Å². The normalized spacial score (nSPS) is 12.8. The molecule has 0 amide bonds. The third-order valence-electron chi connectivity index (χ3n) is 1.59. The van der Waals surface area contributed by atoms with Crippen LogP contribution in [0.2, 0.25) is 0 Å². The molecule has 0 aromatic carbocycles. The predicted molar refractivity (Wildman–Crippen MR) is 63.8 cm³/mol. The average molecular weight is 252 g/mol. The summed E-state index contributed by atoms with van der Waals surface area (Å²) < 4.78 is 28.6. The molecule has 0 unspecified atom stereocenters. The second-order valence-corrected chi connectivity index (χ2v) is 5.04. The molecule has 16 heavy (non-hydrogen) atoms. The Labute approximate surface area is 96.5 Å². The molecule has 8 heteroatoms. The molecule has 0 rings (SSSR count). The fourth-order valence-electron chi connectivity index (χ4n) is 0.873. The minimum atomic E-state index is -3.10. The van der Waals surface area contributed by atoms with Crippen LogP contribution >= 0.6 is 0 Å². The summed E-state index contributed by atoms with van der Waals surface area (Å²) in [6, 6.07) is 0. The largest absolute Gasteiger partial charge is 0.383 e. The standard InChI is InChI=1S/C8H20N4O3S/c1-15-7-6-11-8(9)10-4-3-5-12-16(2,13)14/h12H,3-7H2,1-2H3,(H3,9,10,11). The van der Waals surface area contributed by atoms with Gasteiger partial charge in [-0.25, -0.2) is 13.1 Å². The van der Waals surface area contributed by atoms with E-state index >= 15 is 0 Å². The van der Waals surface area contributed by atoms with Gasteiger partial charge in [-0.1, -0.05) is 0 Å². The van der Waals surface area contributed by atoms with E-state index in [-0.39, 0.29) is 0 Å². The van der Waals surface area contributed by atoms with Gasteiger partial charge in [0.25, 0.3) is 0 Å². The first-order chi connectivity index (χ1) is 7.45. The summed E-state index contributed by atoms with van der Waals surface area (Å²) in [5.74, 6) is 0.344. The maximum atomic E-state index is 10.7. The monoisotopic (exact) mass is 252 g/mol. The van der Waals surface area contributed by atoms with Gasteiger partial charge < -0.3 is 15.8 Å². The van der Waals surface area contributed by atoms with Gasteiger partial charge in [-0.2, -0.15) is 0 Å². The third-order valence-corrected chi connectivity index (χ3v) is 2.32. The predicted octanol–water partition coefficient (Wildman–Crippen LogP) is -1.52. The Kier molecular flexibility index (Phi) is 7.86. The lowest BCUT2D eigenvalue weighted by Crippen LogP contribution is -2.34. The Hall–Kier alpha value is -0.860. The second kappa shape index (κ2) is 8.31. The van der Waals surface area contributed by atoms with E-state index in [0.717, 1.165) is 6.26 Å². The Morgan fingerprint density at radius 3 is 2.69 bits per heavy atom. The van der Waals surface area contributed by atoms with Crippen LogP contribution in [0.3, 0.4) is 0 Å². The van der Waals surface area contributed by atoms with Gasteiger partial charge in [0.2, 0.25) is 10.0 Å². The highest BCUT2D eigenvalue weighted by molar-refractivity contribution is 7.88. The van der Waals surface area contributed by atoms with Crippen molar-refractivity contribution in [3.8, 4) is 0 Å². The molecule has 0 aliphatic carbocycles. The van der Waals surface area contributed by atoms with E-state index in [9.17, 15) is 8.42 Å². The van der Waals surface area contributed by atoms with E-state index in [1.165, 1.54) is 0 Å². The van der Waals surface area contributed by atoms with E-state index in [1.54, 1.807) is 7.11 Å². The summed E-state index contributed by atoms with van der Waals surface area (Å²) >= 11 is 0. The van der Waals surface area contributed by atoms with Crippen LogP contribution in [0.4, 0.5) is 0 Å². The first-order valence-corrected chi connectivity index (χ1v) is 6.82. The zero-order valence-corrected chi connectivity index (χ0v) is 10.5. The summed E-state index contributed by atoms with van der Waals surface area (Å²) in [6.07, 6.45) is 1.73. The Bertz CT molecular complexity index is 302. The fourth-order valence-corrected chi connectivity index (χ4v) is 1.39. The van der Waals surface area contributed by atoms with Crippen molar-refractivity contribution in [2.24, 2.45) is 10.7 Å². The quantitative estimate of drug-likeness (QED) is 0.276. The SMILES string of the molecule is COCCNC(N)=NCCCNS(C)(=O)=O. The molecule has 7 nitrogen and oxygen atoms in total. The van der Waals surface area contributed by atoms with E-state index in [4.69, 9.17) is 10.5 Å².